The van der Waals surface area contributed by atoms with Crippen LogP contribution in [0, 0.1) is 11.3 Å². The highest BCUT2D eigenvalue weighted by atomic mass is 16.5. The van der Waals surface area contributed by atoms with Gasteiger partial charge in [-0.3, -0.25) is 4.79 Å². The zero-order chi connectivity index (χ0) is 12.3. The number of carbonyl (C=O) groups is 1. The first kappa shape index (κ1) is 11.4. The highest BCUT2D eigenvalue weighted by Gasteiger charge is 2.42. The van der Waals surface area contributed by atoms with Crippen LogP contribution in [0.3, 0.4) is 0 Å². The van der Waals surface area contributed by atoms with Gasteiger partial charge in [0.1, 0.15) is 17.4 Å². The van der Waals surface area contributed by atoms with Crippen molar-refractivity contribution in [2.75, 3.05) is 13.1 Å². The summed E-state index contributed by atoms with van der Waals surface area (Å²) in [5.74, 6) is -0.460. The molecule has 1 heterocycles. The second-order valence-corrected chi connectivity index (χ2v) is 4.07. The number of carboxylic acid groups (broad SMARTS) is 1. The molecule has 2 rings (SSSR count). The van der Waals surface area contributed by atoms with Crippen LogP contribution in [0.5, 0.6) is 5.75 Å². The standard InChI is InChI=1S/C12H12N2O3/c13-6-9-3-1-2-4-10(9)17-12(5-11(15)16)7-14-8-12/h1-4,14H,5,7-8H2,(H,15,16). The lowest BCUT2D eigenvalue weighted by atomic mass is 9.92. The molecule has 0 saturated carbocycles. The maximum absolute atomic E-state index is 10.8. The molecule has 0 radical (unpaired) electrons. The normalized spacial score (nSPS) is 16.6. The van der Waals surface area contributed by atoms with Crippen molar-refractivity contribution in [3.05, 3.63) is 29.8 Å². The van der Waals surface area contributed by atoms with Crippen molar-refractivity contribution < 1.29 is 14.6 Å². The predicted molar refractivity (Wildman–Crippen MR) is 59.6 cm³/mol. The monoisotopic (exact) mass is 232 g/mol. The summed E-state index contributed by atoms with van der Waals surface area (Å²) in [6.45, 7) is 0.970. The molecule has 2 N–H and O–H groups in total. The Balaban J connectivity index is 2.19. The Hall–Kier alpha value is -2.06. The average molecular weight is 232 g/mol. The number of aliphatic carboxylic acids is 1. The van der Waals surface area contributed by atoms with Gasteiger partial charge in [0.2, 0.25) is 0 Å². The van der Waals surface area contributed by atoms with E-state index in [9.17, 15) is 4.79 Å². The third kappa shape index (κ3) is 2.37. The van der Waals surface area contributed by atoms with Crippen molar-refractivity contribution in [1.82, 2.24) is 5.32 Å². The molecule has 0 spiro atoms. The minimum atomic E-state index is -0.902. The Labute approximate surface area is 98.6 Å². The van der Waals surface area contributed by atoms with Gasteiger partial charge in [-0.1, -0.05) is 12.1 Å². The maximum Gasteiger partial charge on any atom is 0.307 e. The van der Waals surface area contributed by atoms with Crippen molar-refractivity contribution in [3.8, 4) is 11.8 Å². The number of nitrogens with zero attached hydrogens (tertiary/aromatic N) is 1. The Morgan fingerprint density at radius 2 is 2.24 bits per heavy atom. The average Bonchev–Trinajstić information content (AvgIpc) is 2.26. The molecule has 5 heteroatoms. The van der Waals surface area contributed by atoms with Gasteiger partial charge < -0.3 is 15.2 Å². The third-order valence-electron chi connectivity index (χ3n) is 2.70. The highest BCUT2D eigenvalue weighted by Crippen LogP contribution is 2.27. The number of carboxylic acids is 1. The van der Waals surface area contributed by atoms with Crippen LogP contribution in [-0.4, -0.2) is 29.8 Å². The minimum absolute atomic E-state index is 0.0697. The first-order valence-corrected chi connectivity index (χ1v) is 5.26. The number of rotatable bonds is 4. The molecular weight excluding hydrogens is 220 g/mol. The number of benzene rings is 1. The van der Waals surface area contributed by atoms with Gasteiger partial charge in [-0.2, -0.15) is 5.26 Å². The second kappa shape index (κ2) is 4.44. The van der Waals surface area contributed by atoms with Gasteiger partial charge in [-0.25, -0.2) is 0 Å². The number of para-hydroxylation sites is 1. The van der Waals surface area contributed by atoms with E-state index in [2.05, 4.69) is 5.32 Å². The van der Waals surface area contributed by atoms with Crippen molar-refractivity contribution in [2.24, 2.45) is 0 Å². The summed E-state index contributed by atoms with van der Waals surface area (Å²) >= 11 is 0. The first-order chi connectivity index (χ1) is 8.15. The van der Waals surface area contributed by atoms with Crippen molar-refractivity contribution in [2.45, 2.75) is 12.0 Å². The number of nitrogens with one attached hydrogen (secondary N) is 1. The number of ether oxygens (including phenoxy) is 1. The fraction of sp³-hybridized carbons (Fsp3) is 0.333. The van der Waals surface area contributed by atoms with E-state index < -0.39 is 11.6 Å². The Kier molecular flexibility index (Phi) is 2.98. The number of hydrogen-bond acceptors (Lipinski definition) is 4. The van der Waals surface area contributed by atoms with E-state index in [1.165, 1.54) is 0 Å². The van der Waals surface area contributed by atoms with Gasteiger partial charge in [0.05, 0.1) is 12.0 Å². The van der Waals surface area contributed by atoms with Crippen LogP contribution in [0.2, 0.25) is 0 Å². The summed E-state index contributed by atoms with van der Waals surface area (Å²) in [4.78, 5) is 10.8. The molecule has 1 aromatic carbocycles. The molecule has 1 aliphatic heterocycles. The van der Waals surface area contributed by atoms with Gasteiger partial charge >= 0.3 is 5.97 Å². The Morgan fingerprint density at radius 1 is 1.53 bits per heavy atom. The van der Waals surface area contributed by atoms with Gasteiger partial charge in [0.25, 0.3) is 0 Å². The molecule has 17 heavy (non-hydrogen) atoms. The summed E-state index contributed by atoms with van der Waals surface area (Å²) in [6, 6.07) is 8.86. The van der Waals surface area contributed by atoms with Crippen LogP contribution in [-0.2, 0) is 4.79 Å². The number of hydrogen-bond donors (Lipinski definition) is 2. The van der Waals surface area contributed by atoms with Crippen LogP contribution in [0.15, 0.2) is 24.3 Å². The lowest BCUT2D eigenvalue weighted by Gasteiger charge is -2.41. The van der Waals surface area contributed by atoms with Crippen LogP contribution in [0.1, 0.15) is 12.0 Å². The van der Waals surface area contributed by atoms with Crippen LogP contribution in [0.25, 0.3) is 0 Å². The molecule has 5 nitrogen and oxygen atoms in total. The summed E-state index contributed by atoms with van der Waals surface area (Å²) in [6.07, 6.45) is -0.0697. The van der Waals surface area contributed by atoms with E-state index in [1.807, 2.05) is 6.07 Å². The van der Waals surface area contributed by atoms with E-state index in [1.54, 1.807) is 24.3 Å². The van der Waals surface area contributed by atoms with Gasteiger partial charge in [0.15, 0.2) is 0 Å². The molecule has 0 amide bonds. The van der Waals surface area contributed by atoms with E-state index in [0.29, 0.717) is 24.4 Å². The summed E-state index contributed by atoms with van der Waals surface area (Å²) in [5, 5.41) is 20.8. The molecule has 0 aliphatic carbocycles. The van der Waals surface area contributed by atoms with E-state index in [-0.39, 0.29) is 6.42 Å². The van der Waals surface area contributed by atoms with E-state index in [0.717, 1.165) is 0 Å². The topological polar surface area (TPSA) is 82.3 Å². The zero-order valence-electron chi connectivity index (χ0n) is 9.14. The fourth-order valence-electron chi connectivity index (χ4n) is 1.79. The summed E-state index contributed by atoms with van der Waals surface area (Å²) < 4.78 is 5.70. The Bertz CT molecular complexity index is 475. The second-order valence-electron chi connectivity index (χ2n) is 4.07. The molecule has 1 aromatic rings. The molecule has 1 fully saturated rings. The van der Waals surface area contributed by atoms with Crippen molar-refractivity contribution in [3.63, 3.8) is 0 Å². The van der Waals surface area contributed by atoms with Crippen LogP contribution >= 0.6 is 0 Å². The van der Waals surface area contributed by atoms with Gasteiger partial charge in [-0.15, -0.1) is 0 Å². The Morgan fingerprint density at radius 3 is 2.76 bits per heavy atom. The molecule has 1 aliphatic rings. The number of nitriles is 1. The first-order valence-electron chi connectivity index (χ1n) is 5.26. The smallest absolute Gasteiger partial charge is 0.307 e. The van der Waals surface area contributed by atoms with Crippen molar-refractivity contribution in [1.29, 1.82) is 5.26 Å². The van der Waals surface area contributed by atoms with Crippen LogP contribution in [0.4, 0.5) is 0 Å². The van der Waals surface area contributed by atoms with Crippen LogP contribution < -0.4 is 10.1 Å². The molecule has 0 bridgehead atoms. The fourth-order valence-corrected chi connectivity index (χ4v) is 1.79. The molecule has 0 unspecified atom stereocenters. The van der Waals surface area contributed by atoms with Gasteiger partial charge in [-0.05, 0) is 12.1 Å². The quantitative estimate of drug-likeness (QED) is 0.800. The SMILES string of the molecule is N#Cc1ccccc1OC1(CC(=O)O)CNC1. The van der Waals surface area contributed by atoms with Gasteiger partial charge in [0, 0.05) is 13.1 Å². The maximum atomic E-state index is 10.8. The predicted octanol–water partition coefficient (Wildman–Crippen LogP) is 0.754. The molecule has 0 aromatic heterocycles. The lowest BCUT2D eigenvalue weighted by molar-refractivity contribution is -0.143. The van der Waals surface area contributed by atoms with Crippen molar-refractivity contribution >= 4 is 5.97 Å². The summed E-state index contributed by atoms with van der Waals surface area (Å²) in [7, 11) is 0. The molecule has 0 atom stereocenters. The molecular formula is C12H12N2O3. The highest BCUT2D eigenvalue weighted by molar-refractivity contribution is 5.68. The summed E-state index contributed by atoms with van der Waals surface area (Å²) in [5.41, 5.74) is -0.303. The molecule has 88 valence electrons. The minimum Gasteiger partial charge on any atom is -0.483 e. The third-order valence-corrected chi connectivity index (χ3v) is 2.70. The molecule has 1 saturated heterocycles. The van der Waals surface area contributed by atoms with E-state index in [4.69, 9.17) is 15.1 Å². The lowest BCUT2D eigenvalue weighted by Crippen LogP contribution is -2.64. The zero-order valence-corrected chi connectivity index (χ0v) is 9.14. The largest absolute Gasteiger partial charge is 0.483 e. The van der Waals surface area contributed by atoms with E-state index >= 15 is 0 Å².